The Morgan fingerprint density at radius 1 is 0.881 bits per heavy atom. The highest BCUT2D eigenvalue weighted by molar-refractivity contribution is 7.99. The number of alkyl halides is 3. The molecule has 2 heterocycles. The minimum atomic E-state index is -4.43. The van der Waals surface area contributed by atoms with Crippen molar-refractivity contribution in [1.29, 1.82) is 0 Å². The van der Waals surface area contributed by atoms with Crippen molar-refractivity contribution in [1.82, 2.24) is 20.2 Å². The SMILES string of the molecule is O=C(CSc1nc(Cl)cc(N2CCN(C(c3ccccc3)c3ccccc3)CC2)n1)NCc1cccc(C(F)(F)F)c1. The molecule has 0 aliphatic carbocycles. The molecule has 0 bridgehead atoms. The monoisotopic (exact) mass is 611 g/mol. The van der Waals surface area contributed by atoms with Crippen LogP contribution in [-0.4, -0.2) is 52.7 Å². The zero-order valence-corrected chi connectivity index (χ0v) is 24.2. The maximum atomic E-state index is 12.9. The molecule has 1 aliphatic heterocycles. The normalized spacial score (nSPS) is 14.3. The summed E-state index contributed by atoms with van der Waals surface area (Å²) >= 11 is 7.45. The molecule has 1 aromatic heterocycles. The van der Waals surface area contributed by atoms with Gasteiger partial charge in [-0.15, -0.1) is 0 Å². The minimum Gasteiger partial charge on any atom is -0.354 e. The second kappa shape index (κ2) is 13.6. The summed E-state index contributed by atoms with van der Waals surface area (Å²) in [6.07, 6.45) is -4.43. The van der Waals surface area contributed by atoms with Crippen LogP contribution in [0.5, 0.6) is 0 Å². The Balaban J connectivity index is 1.18. The van der Waals surface area contributed by atoms with Crippen molar-refractivity contribution in [2.24, 2.45) is 0 Å². The first-order valence-corrected chi connectivity index (χ1v) is 14.8. The lowest BCUT2D eigenvalue weighted by Gasteiger charge is -2.40. The van der Waals surface area contributed by atoms with Crippen molar-refractivity contribution >= 4 is 35.1 Å². The van der Waals surface area contributed by atoms with Gasteiger partial charge in [-0.1, -0.05) is 96.2 Å². The number of thioether (sulfide) groups is 1. The predicted molar refractivity (Wildman–Crippen MR) is 160 cm³/mol. The van der Waals surface area contributed by atoms with Gasteiger partial charge in [0.2, 0.25) is 5.91 Å². The van der Waals surface area contributed by atoms with Crippen LogP contribution < -0.4 is 10.2 Å². The van der Waals surface area contributed by atoms with E-state index >= 15 is 0 Å². The summed E-state index contributed by atoms with van der Waals surface area (Å²) in [6.45, 7) is 3.10. The summed E-state index contributed by atoms with van der Waals surface area (Å²) in [6, 6.07) is 27.7. The molecule has 1 N–H and O–H groups in total. The number of hydrogen-bond donors (Lipinski definition) is 1. The minimum absolute atomic E-state index is 0.00233. The molecule has 42 heavy (non-hydrogen) atoms. The number of nitrogens with one attached hydrogen (secondary N) is 1. The molecule has 4 aromatic rings. The molecule has 6 nitrogen and oxygen atoms in total. The third-order valence-electron chi connectivity index (χ3n) is 6.97. The van der Waals surface area contributed by atoms with Crippen LogP contribution in [0.15, 0.2) is 96.2 Å². The number of rotatable bonds is 9. The summed E-state index contributed by atoms with van der Waals surface area (Å²) in [5.74, 6) is 0.351. The van der Waals surface area contributed by atoms with E-state index in [-0.39, 0.29) is 29.4 Å². The molecule has 1 fully saturated rings. The fourth-order valence-electron chi connectivity index (χ4n) is 4.95. The number of benzene rings is 3. The van der Waals surface area contributed by atoms with E-state index in [2.05, 4.69) is 73.6 Å². The second-order valence-corrected chi connectivity index (χ2v) is 11.2. The van der Waals surface area contributed by atoms with Crippen LogP contribution in [0, 0.1) is 0 Å². The molecule has 0 atom stereocenters. The van der Waals surface area contributed by atoms with Crippen LogP contribution in [0.2, 0.25) is 5.15 Å². The number of hydrogen-bond acceptors (Lipinski definition) is 6. The fraction of sp³-hybridized carbons (Fsp3) is 0.258. The average molecular weight is 612 g/mol. The lowest BCUT2D eigenvalue weighted by atomic mass is 9.96. The van der Waals surface area contributed by atoms with Crippen LogP contribution in [0.1, 0.15) is 28.3 Å². The molecule has 0 saturated carbocycles. The number of halogens is 4. The first-order chi connectivity index (χ1) is 20.3. The Morgan fingerprint density at radius 3 is 2.14 bits per heavy atom. The van der Waals surface area contributed by atoms with Crippen molar-refractivity contribution in [3.05, 3.63) is 118 Å². The van der Waals surface area contributed by atoms with E-state index in [1.54, 1.807) is 6.07 Å². The van der Waals surface area contributed by atoms with Gasteiger partial charge in [0.25, 0.3) is 0 Å². The second-order valence-electron chi connectivity index (χ2n) is 9.84. The molecule has 1 saturated heterocycles. The number of piperazine rings is 1. The lowest BCUT2D eigenvalue weighted by Crippen LogP contribution is -2.48. The first-order valence-electron chi connectivity index (χ1n) is 13.5. The number of nitrogens with zero attached hydrogens (tertiary/aromatic N) is 4. The Morgan fingerprint density at radius 2 is 1.52 bits per heavy atom. The molecular weight excluding hydrogens is 583 g/mol. The van der Waals surface area contributed by atoms with Gasteiger partial charge in [-0.3, -0.25) is 9.69 Å². The number of aromatic nitrogens is 2. The quantitative estimate of drug-likeness (QED) is 0.133. The maximum absolute atomic E-state index is 12.9. The summed E-state index contributed by atoms with van der Waals surface area (Å²) in [5.41, 5.74) is 2.10. The molecule has 11 heteroatoms. The lowest BCUT2D eigenvalue weighted by molar-refractivity contribution is -0.137. The van der Waals surface area contributed by atoms with Crippen LogP contribution in [0.3, 0.4) is 0 Å². The Kier molecular flexibility index (Phi) is 9.66. The molecule has 3 aromatic carbocycles. The number of carbonyl (C=O) groups excluding carboxylic acids is 1. The van der Waals surface area contributed by atoms with Gasteiger partial charge in [0, 0.05) is 38.8 Å². The van der Waals surface area contributed by atoms with Crippen LogP contribution in [0.25, 0.3) is 0 Å². The molecule has 1 amide bonds. The highest BCUT2D eigenvalue weighted by Crippen LogP contribution is 2.31. The van der Waals surface area contributed by atoms with Crippen molar-refractivity contribution < 1.29 is 18.0 Å². The van der Waals surface area contributed by atoms with E-state index in [0.717, 1.165) is 50.1 Å². The van der Waals surface area contributed by atoms with E-state index in [4.69, 9.17) is 11.6 Å². The third-order valence-corrected chi connectivity index (χ3v) is 8.01. The van der Waals surface area contributed by atoms with E-state index in [1.165, 1.54) is 23.3 Å². The smallest absolute Gasteiger partial charge is 0.354 e. The van der Waals surface area contributed by atoms with Gasteiger partial charge < -0.3 is 10.2 Å². The molecule has 218 valence electrons. The van der Waals surface area contributed by atoms with Crippen molar-refractivity contribution in [2.75, 3.05) is 36.8 Å². The molecule has 5 rings (SSSR count). The van der Waals surface area contributed by atoms with Crippen LogP contribution >= 0.6 is 23.4 Å². The van der Waals surface area contributed by atoms with Crippen molar-refractivity contribution in [3.8, 4) is 0 Å². The average Bonchev–Trinajstić information content (AvgIpc) is 3.00. The maximum Gasteiger partial charge on any atom is 0.416 e. The van der Waals surface area contributed by atoms with Gasteiger partial charge in [-0.25, -0.2) is 9.97 Å². The summed E-state index contributed by atoms with van der Waals surface area (Å²) in [7, 11) is 0. The summed E-state index contributed by atoms with van der Waals surface area (Å²) < 4.78 is 38.8. The highest BCUT2D eigenvalue weighted by atomic mass is 35.5. The van der Waals surface area contributed by atoms with E-state index in [0.29, 0.717) is 16.5 Å². The molecular formula is C31H29ClF3N5OS. The predicted octanol–water partition coefficient (Wildman–Crippen LogP) is 6.47. The van der Waals surface area contributed by atoms with E-state index in [9.17, 15) is 18.0 Å². The Bertz CT molecular complexity index is 1450. The molecule has 0 unspecified atom stereocenters. The summed E-state index contributed by atoms with van der Waals surface area (Å²) in [5, 5.41) is 3.29. The first kappa shape index (κ1) is 29.9. The standard InChI is InChI=1S/C31H29ClF3N5OS/c32-26-19-27(38-30(37-26)42-21-28(41)36-20-22-8-7-13-25(18-22)31(33,34)35)39-14-16-40(17-15-39)29(23-9-3-1-4-10-23)24-11-5-2-6-12-24/h1-13,18-19,29H,14-17,20-21H2,(H,36,41). The molecule has 0 spiro atoms. The van der Waals surface area contributed by atoms with Gasteiger partial charge in [0.1, 0.15) is 11.0 Å². The van der Waals surface area contributed by atoms with E-state index < -0.39 is 11.7 Å². The van der Waals surface area contributed by atoms with Gasteiger partial charge >= 0.3 is 6.18 Å². The third kappa shape index (κ3) is 7.81. The molecule has 1 aliphatic rings. The van der Waals surface area contributed by atoms with Gasteiger partial charge in [0.05, 0.1) is 17.4 Å². The largest absolute Gasteiger partial charge is 0.416 e. The zero-order valence-electron chi connectivity index (χ0n) is 22.6. The van der Waals surface area contributed by atoms with Crippen molar-refractivity contribution in [3.63, 3.8) is 0 Å². The summed E-state index contributed by atoms with van der Waals surface area (Å²) in [4.78, 5) is 25.9. The number of carbonyl (C=O) groups is 1. The van der Waals surface area contributed by atoms with Gasteiger partial charge in [-0.2, -0.15) is 13.2 Å². The number of amides is 1. The van der Waals surface area contributed by atoms with Gasteiger partial charge in [0.15, 0.2) is 5.16 Å². The topological polar surface area (TPSA) is 61.4 Å². The Hall–Kier alpha value is -3.60. The Labute approximate surface area is 251 Å². The van der Waals surface area contributed by atoms with Crippen molar-refractivity contribution in [2.45, 2.75) is 23.9 Å². The zero-order chi connectivity index (χ0) is 29.5. The number of anilines is 1. The fourth-order valence-corrected chi connectivity index (χ4v) is 5.86. The molecule has 0 radical (unpaired) electrons. The van der Waals surface area contributed by atoms with Crippen LogP contribution in [0.4, 0.5) is 19.0 Å². The highest BCUT2D eigenvalue weighted by Gasteiger charge is 2.30. The van der Waals surface area contributed by atoms with E-state index in [1.807, 2.05) is 12.1 Å². The van der Waals surface area contributed by atoms with Crippen LogP contribution in [-0.2, 0) is 17.5 Å². The van der Waals surface area contributed by atoms with Gasteiger partial charge in [-0.05, 0) is 28.8 Å².